The summed E-state index contributed by atoms with van der Waals surface area (Å²) in [5.41, 5.74) is 0.898. The van der Waals surface area contributed by atoms with Gasteiger partial charge in [-0.25, -0.2) is 4.68 Å². The molecule has 3 heterocycles. The van der Waals surface area contributed by atoms with Crippen molar-refractivity contribution in [2.24, 2.45) is 0 Å². The van der Waals surface area contributed by atoms with Crippen LogP contribution in [0.4, 0.5) is 0 Å². The number of thiophene rings is 1. The highest BCUT2D eigenvalue weighted by Crippen LogP contribution is 2.20. The highest BCUT2D eigenvalue weighted by atomic mass is 32.1. The van der Waals surface area contributed by atoms with Crippen LogP contribution in [-0.2, 0) is 6.54 Å². The average molecular weight is 290 g/mol. The molecular formula is C15H20N3OS+. The minimum absolute atomic E-state index is 0.00159. The Hall–Kier alpha value is -1.46. The van der Waals surface area contributed by atoms with Crippen LogP contribution >= 0.6 is 11.3 Å². The van der Waals surface area contributed by atoms with E-state index in [0.29, 0.717) is 6.54 Å². The second-order valence-corrected chi connectivity index (χ2v) is 6.27. The summed E-state index contributed by atoms with van der Waals surface area (Å²) in [6.07, 6.45) is 3.98. The first-order valence-corrected chi connectivity index (χ1v) is 8.16. The SMILES string of the molecule is O=c1ccc(-c2cccs2)nn1CC[NH+]1CCCCC1. The zero-order chi connectivity index (χ0) is 13.8. The second kappa shape index (κ2) is 6.33. The highest BCUT2D eigenvalue weighted by molar-refractivity contribution is 7.13. The Morgan fingerprint density at radius 3 is 2.80 bits per heavy atom. The summed E-state index contributed by atoms with van der Waals surface area (Å²) in [7, 11) is 0. The van der Waals surface area contributed by atoms with Crippen LogP contribution in [0.2, 0.25) is 0 Å². The Morgan fingerprint density at radius 1 is 1.20 bits per heavy atom. The van der Waals surface area contributed by atoms with E-state index in [2.05, 4.69) is 5.10 Å². The molecule has 2 aromatic rings. The number of nitrogens with one attached hydrogen (secondary N) is 1. The van der Waals surface area contributed by atoms with Gasteiger partial charge in [0.15, 0.2) is 0 Å². The molecule has 1 aliphatic rings. The van der Waals surface area contributed by atoms with Crippen molar-refractivity contribution in [3.05, 3.63) is 40.0 Å². The predicted octanol–water partition coefficient (Wildman–Crippen LogP) is 1.04. The van der Waals surface area contributed by atoms with Crippen LogP contribution in [0, 0.1) is 0 Å². The minimum atomic E-state index is 0.00159. The van der Waals surface area contributed by atoms with Gasteiger partial charge in [0.25, 0.3) is 5.56 Å². The maximum Gasteiger partial charge on any atom is 0.266 e. The van der Waals surface area contributed by atoms with Crippen LogP contribution in [0.15, 0.2) is 34.4 Å². The molecule has 20 heavy (non-hydrogen) atoms. The van der Waals surface area contributed by atoms with Gasteiger partial charge in [0.05, 0.1) is 31.1 Å². The van der Waals surface area contributed by atoms with Crippen LogP contribution in [-0.4, -0.2) is 29.4 Å². The normalized spacial score (nSPS) is 16.4. The van der Waals surface area contributed by atoms with E-state index in [1.54, 1.807) is 27.0 Å². The fourth-order valence-corrected chi connectivity index (χ4v) is 3.42. The monoisotopic (exact) mass is 290 g/mol. The van der Waals surface area contributed by atoms with Crippen LogP contribution < -0.4 is 10.5 Å². The van der Waals surface area contributed by atoms with E-state index in [4.69, 9.17) is 0 Å². The molecule has 0 aromatic carbocycles. The lowest BCUT2D eigenvalue weighted by atomic mass is 10.1. The standard InChI is InChI=1S/C15H19N3OS/c19-15-7-6-13(14-5-4-12-20-14)16-18(15)11-10-17-8-2-1-3-9-17/h4-7,12H,1-3,8-11H2/p+1. The molecule has 2 aromatic heterocycles. The quantitative estimate of drug-likeness (QED) is 0.914. The largest absolute Gasteiger partial charge is 0.333 e. The number of rotatable bonds is 4. The zero-order valence-corrected chi connectivity index (χ0v) is 12.4. The Kier molecular flexibility index (Phi) is 4.28. The van der Waals surface area contributed by atoms with Gasteiger partial charge in [0.1, 0.15) is 5.69 Å². The maximum atomic E-state index is 11.9. The third kappa shape index (κ3) is 3.16. The molecule has 0 radical (unpaired) electrons. The van der Waals surface area contributed by atoms with Crippen molar-refractivity contribution in [2.45, 2.75) is 25.8 Å². The van der Waals surface area contributed by atoms with Crippen molar-refractivity contribution in [3.63, 3.8) is 0 Å². The van der Waals surface area contributed by atoms with E-state index in [9.17, 15) is 4.79 Å². The van der Waals surface area contributed by atoms with Gasteiger partial charge in [0, 0.05) is 6.07 Å². The first-order valence-electron chi connectivity index (χ1n) is 7.28. The number of quaternary nitrogens is 1. The number of likely N-dealkylation sites (tertiary alicyclic amines) is 1. The predicted molar refractivity (Wildman–Crippen MR) is 81.2 cm³/mol. The molecule has 4 nitrogen and oxygen atoms in total. The fraction of sp³-hybridized carbons (Fsp3) is 0.467. The molecule has 0 spiro atoms. The third-order valence-corrected chi connectivity index (χ3v) is 4.77. The Balaban J connectivity index is 1.72. The summed E-state index contributed by atoms with van der Waals surface area (Å²) in [5, 5.41) is 6.53. The van der Waals surface area contributed by atoms with Crippen LogP contribution in [0.25, 0.3) is 10.6 Å². The molecule has 0 amide bonds. The van der Waals surface area contributed by atoms with Gasteiger partial charge in [-0.1, -0.05) is 6.07 Å². The smallest absolute Gasteiger partial charge is 0.266 e. The lowest BCUT2D eigenvalue weighted by molar-refractivity contribution is -0.905. The van der Waals surface area contributed by atoms with E-state index < -0.39 is 0 Å². The van der Waals surface area contributed by atoms with Crippen molar-refractivity contribution in [1.29, 1.82) is 0 Å². The van der Waals surface area contributed by atoms with Crippen molar-refractivity contribution in [3.8, 4) is 10.6 Å². The van der Waals surface area contributed by atoms with Gasteiger partial charge in [-0.05, 0) is 36.8 Å². The molecule has 0 aliphatic carbocycles. The molecule has 1 aliphatic heterocycles. The first-order chi connectivity index (χ1) is 9.83. The molecule has 1 fully saturated rings. The first kappa shape index (κ1) is 13.5. The number of hydrogen-bond donors (Lipinski definition) is 1. The van der Waals surface area contributed by atoms with Gasteiger partial charge in [-0.3, -0.25) is 4.79 Å². The molecule has 0 saturated carbocycles. The third-order valence-electron chi connectivity index (χ3n) is 3.88. The minimum Gasteiger partial charge on any atom is -0.333 e. The lowest BCUT2D eigenvalue weighted by Gasteiger charge is -2.23. The van der Waals surface area contributed by atoms with E-state index in [-0.39, 0.29) is 5.56 Å². The summed E-state index contributed by atoms with van der Waals surface area (Å²) in [6.45, 7) is 4.19. The lowest BCUT2D eigenvalue weighted by Crippen LogP contribution is -3.13. The van der Waals surface area contributed by atoms with Crippen molar-refractivity contribution >= 4 is 11.3 Å². The van der Waals surface area contributed by atoms with Crippen LogP contribution in [0.5, 0.6) is 0 Å². The summed E-state index contributed by atoms with van der Waals surface area (Å²) < 4.78 is 1.62. The van der Waals surface area contributed by atoms with Gasteiger partial charge in [0.2, 0.25) is 0 Å². The Labute approximate surface area is 122 Å². The number of aromatic nitrogens is 2. The summed E-state index contributed by atoms with van der Waals surface area (Å²) in [6, 6.07) is 7.50. The van der Waals surface area contributed by atoms with Gasteiger partial charge >= 0.3 is 0 Å². The summed E-state index contributed by atoms with van der Waals surface area (Å²) in [5.74, 6) is 0. The maximum absolute atomic E-state index is 11.9. The molecule has 106 valence electrons. The van der Waals surface area contributed by atoms with Crippen molar-refractivity contribution in [2.75, 3.05) is 19.6 Å². The van der Waals surface area contributed by atoms with E-state index in [0.717, 1.165) is 17.1 Å². The summed E-state index contributed by atoms with van der Waals surface area (Å²) >= 11 is 1.65. The van der Waals surface area contributed by atoms with Crippen molar-refractivity contribution in [1.82, 2.24) is 9.78 Å². The molecule has 1 N–H and O–H groups in total. The van der Waals surface area contributed by atoms with E-state index in [1.807, 2.05) is 23.6 Å². The van der Waals surface area contributed by atoms with E-state index >= 15 is 0 Å². The molecule has 0 unspecified atom stereocenters. The molecule has 0 atom stereocenters. The Bertz CT molecular complexity index is 600. The number of piperidine rings is 1. The fourth-order valence-electron chi connectivity index (χ4n) is 2.73. The Morgan fingerprint density at radius 2 is 2.05 bits per heavy atom. The van der Waals surface area contributed by atoms with Crippen LogP contribution in [0.1, 0.15) is 19.3 Å². The average Bonchev–Trinajstić information content (AvgIpc) is 3.02. The van der Waals surface area contributed by atoms with Crippen molar-refractivity contribution < 1.29 is 4.90 Å². The molecule has 1 saturated heterocycles. The topological polar surface area (TPSA) is 39.3 Å². The van der Waals surface area contributed by atoms with E-state index in [1.165, 1.54) is 32.4 Å². The van der Waals surface area contributed by atoms with Gasteiger partial charge in [-0.2, -0.15) is 5.10 Å². The molecular weight excluding hydrogens is 270 g/mol. The summed E-state index contributed by atoms with van der Waals surface area (Å²) in [4.78, 5) is 14.6. The second-order valence-electron chi connectivity index (χ2n) is 5.32. The van der Waals surface area contributed by atoms with Crippen LogP contribution in [0.3, 0.4) is 0 Å². The molecule has 3 rings (SSSR count). The number of hydrogen-bond acceptors (Lipinski definition) is 3. The molecule has 5 heteroatoms. The van der Waals surface area contributed by atoms with Gasteiger partial charge in [-0.15, -0.1) is 11.3 Å². The zero-order valence-electron chi connectivity index (χ0n) is 11.5. The number of nitrogens with zero attached hydrogens (tertiary/aromatic N) is 2. The highest BCUT2D eigenvalue weighted by Gasteiger charge is 2.14. The van der Waals surface area contributed by atoms with Gasteiger partial charge < -0.3 is 4.90 Å². The molecule has 0 bridgehead atoms.